The van der Waals surface area contributed by atoms with Gasteiger partial charge < -0.3 is 5.11 Å². The van der Waals surface area contributed by atoms with Gasteiger partial charge in [0.1, 0.15) is 0 Å². The molecule has 0 spiro atoms. The van der Waals surface area contributed by atoms with E-state index in [1.165, 1.54) is 12.5 Å². The Labute approximate surface area is 100 Å². The standard InChI is InChI=1S/C13H26O2Si/c1-16(2,3)11-7-10-13(12(14)15)8-5-4-6-9-13/h4-11H2,1-3H3,(H,14,15). The number of rotatable bonds is 5. The Bertz CT molecular complexity index is 237. The highest BCUT2D eigenvalue weighted by molar-refractivity contribution is 6.76. The van der Waals surface area contributed by atoms with E-state index < -0.39 is 14.0 Å². The first kappa shape index (κ1) is 13.8. The molecule has 0 radical (unpaired) electrons. The average molecular weight is 242 g/mol. The second-order valence-electron chi connectivity index (χ2n) is 6.56. The molecule has 0 aromatic carbocycles. The van der Waals surface area contributed by atoms with Crippen LogP contribution in [0.15, 0.2) is 0 Å². The van der Waals surface area contributed by atoms with E-state index in [4.69, 9.17) is 0 Å². The van der Waals surface area contributed by atoms with Gasteiger partial charge >= 0.3 is 5.97 Å². The van der Waals surface area contributed by atoms with Crippen LogP contribution in [0.2, 0.25) is 25.7 Å². The summed E-state index contributed by atoms with van der Waals surface area (Å²) >= 11 is 0. The maximum Gasteiger partial charge on any atom is 0.309 e. The summed E-state index contributed by atoms with van der Waals surface area (Å²) in [5, 5.41) is 9.43. The number of carboxylic acids is 1. The van der Waals surface area contributed by atoms with Crippen LogP contribution in [0.5, 0.6) is 0 Å². The molecule has 0 aliphatic heterocycles. The summed E-state index contributed by atoms with van der Waals surface area (Å²) in [5.41, 5.74) is -0.363. The summed E-state index contributed by atoms with van der Waals surface area (Å²) in [6.45, 7) is 7.09. The highest BCUT2D eigenvalue weighted by Gasteiger charge is 2.39. The molecular formula is C13H26O2Si. The van der Waals surface area contributed by atoms with Gasteiger partial charge in [-0.15, -0.1) is 0 Å². The molecule has 94 valence electrons. The van der Waals surface area contributed by atoms with Crippen molar-refractivity contribution in [2.45, 2.75) is 70.6 Å². The number of carbonyl (C=O) groups is 1. The third-order valence-electron chi connectivity index (χ3n) is 3.85. The van der Waals surface area contributed by atoms with E-state index in [2.05, 4.69) is 19.6 Å². The van der Waals surface area contributed by atoms with Crippen LogP contribution in [0.4, 0.5) is 0 Å². The molecule has 0 atom stereocenters. The first-order chi connectivity index (χ1) is 7.36. The largest absolute Gasteiger partial charge is 0.481 e. The van der Waals surface area contributed by atoms with Crippen molar-refractivity contribution in [3.8, 4) is 0 Å². The van der Waals surface area contributed by atoms with Gasteiger partial charge in [0.25, 0.3) is 0 Å². The van der Waals surface area contributed by atoms with Gasteiger partial charge in [-0.05, 0) is 19.3 Å². The Kier molecular flexibility index (Phi) is 4.59. The van der Waals surface area contributed by atoms with Gasteiger partial charge in [-0.3, -0.25) is 4.79 Å². The second-order valence-corrected chi connectivity index (χ2v) is 12.2. The topological polar surface area (TPSA) is 37.3 Å². The molecule has 0 saturated heterocycles. The first-order valence-electron chi connectivity index (χ1n) is 6.59. The number of hydrogen-bond acceptors (Lipinski definition) is 1. The van der Waals surface area contributed by atoms with E-state index in [0.29, 0.717) is 0 Å². The zero-order valence-electron chi connectivity index (χ0n) is 11.0. The lowest BCUT2D eigenvalue weighted by Crippen LogP contribution is -2.34. The Balaban J connectivity index is 2.48. The number of carboxylic acid groups (broad SMARTS) is 1. The van der Waals surface area contributed by atoms with Crippen molar-refractivity contribution < 1.29 is 9.90 Å². The van der Waals surface area contributed by atoms with Crippen molar-refractivity contribution in [2.24, 2.45) is 5.41 Å². The third-order valence-corrected chi connectivity index (χ3v) is 5.70. The molecule has 0 bridgehead atoms. The fourth-order valence-electron chi connectivity index (χ4n) is 2.76. The monoisotopic (exact) mass is 242 g/mol. The van der Waals surface area contributed by atoms with Gasteiger partial charge in [0.15, 0.2) is 0 Å². The summed E-state index contributed by atoms with van der Waals surface area (Å²) in [4.78, 5) is 11.4. The molecule has 1 N–H and O–H groups in total. The maximum absolute atomic E-state index is 11.4. The van der Waals surface area contributed by atoms with Crippen LogP contribution in [-0.4, -0.2) is 19.1 Å². The Morgan fingerprint density at radius 1 is 1.19 bits per heavy atom. The summed E-state index contributed by atoms with van der Waals surface area (Å²) < 4.78 is 0. The molecule has 3 heteroatoms. The van der Waals surface area contributed by atoms with Crippen LogP contribution in [0, 0.1) is 5.41 Å². The molecule has 0 heterocycles. The molecule has 1 fully saturated rings. The van der Waals surface area contributed by atoms with Gasteiger partial charge in [-0.1, -0.05) is 51.4 Å². The van der Waals surface area contributed by atoms with Crippen molar-refractivity contribution in [3.63, 3.8) is 0 Å². The molecule has 1 saturated carbocycles. The van der Waals surface area contributed by atoms with Gasteiger partial charge in [-0.25, -0.2) is 0 Å². The van der Waals surface area contributed by atoms with E-state index in [-0.39, 0.29) is 5.41 Å². The summed E-state index contributed by atoms with van der Waals surface area (Å²) in [7, 11) is -1.00. The number of aliphatic carboxylic acids is 1. The minimum Gasteiger partial charge on any atom is -0.481 e. The van der Waals surface area contributed by atoms with E-state index >= 15 is 0 Å². The van der Waals surface area contributed by atoms with Crippen molar-refractivity contribution in [2.75, 3.05) is 0 Å². The lowest BCUT2D eigenvalue weighted by molar-refractivity contribution is -0.151. The predicted octanol–water partition coefficient (Wildman–Crippen LogP) is 4.14. The molecular weight excluding hydrogens is 216 g/mol. The van der Waals surface area contributed by atoms with Crippen molar-refractivity contribution in [1.82, 2.24) is 0 Å². The predicted molar refractivity (Wildman–Crippen MR) is 70.5 cm³/mol. The van der Waals surface area contributed by atoms with E-state index in [9.17, 15) is 9.90 Å². The van der Waals surface area contributed by atoms with E-state index in [1.807, 2.05) is 0 Å². The van der Waals surface area contributed by atoms with Gasteiger partial charge in [0, 0.05) is 8.07 Å². The van der Waals surface area contributed by atoms with Crippen molar-refractivity contribution in [3.05, 3.63) is 0 Å². The lowest BCUT2D eigenvalue weighted by atomic mass is 9.71. The van der Waals surface area contributed by atoms with Gasteiger partial charge in [-0.2, -0.15) is 0 Å². The van der Waals surface area contributed by atoms with Crippen LogP contribution < -0.4 is 0 Å². The highest BCUT2D eigenvalue weighted by atomic mass is 28.3. The average Bonchev–Trinajstić information content (AvgIpc) is 2.17. The minimum absolute atomic E-state index is 0.363. The Morgan fingerprint density at radius 2 is 1.75 bits per heavy atom. The normalized spacial score (nSPS) is 20.7. The smallest absolute Gasteiger partial charge is 0.309 e. The van der Waals surface area contributed by atoms with E-state index in [1.54, 1.807) is 0 Å². The fourth-order valence-corrected chi connectivity index (χ4v) is 3.99. The summed E-state index contributed by atoms with van der Waals surface area (Å²) in [6, 6.07) is 1.27. The van der Waals surface area contributed by atoms with Crippen molar-refractivity contribution in [1.29, 1.82) is 0 Å². The molecule has 16 heavy (non-hydrogen) atoms. The van der Waals surface area contributed by atoms with Crippen LogP contribution in [0.1, 0.15) is 44.9 Å². The lowest BCUT2D eigenvalue weighted by Gasteiger charge is -2.33. The molecule has 1 aliphatic rings. The Morgan fingerprint density at radius 3 is 2.19 bits per heavy atom. The number of hydrogen-bond donors (Lipinski definition) is 1. The molecule has 0 unspecified atom stereocenters. The van der Waals surface area contributed by atoms with Crippen LogP contribution in [0.3, 0.4) is 0 Å². The van der Waals surface area contributed by atoms with Crippen molar-refractivity contribution >= 4 is 14.0 Å². The fraction of sp³-hybridized carbons (Fsp3) is 0.923. The third kappa shape index (κ3) is 3.93. The summed E-state index contributed by atoms with van der Waals surface area (Å²) in [5.74, 6) is -0.539. The highest BCUT2D eigenvalue weighted by Crippen LogP contribution is 2.41. The summed E-state index contributed by atoms with van der Waals surface area (Å²) in [6.07, 6.45) is 7.29. The molecule has 1 rings (SSSR count). The molecule has 0 amide bonds. The molecule has 1 aliphatic carbocycles. The zero-order chi connectivity index (χ0) is 12.2. The second kappa shape index (κ2) is 5.35. The van der Waals surface area contributed by atoms with Crippen LogP contribution in [-0.2, 0) is 4.79 Å². The van der Waals surface area contributed by atoms with Crippen LogP contribution >= 0.6 is 0 Å². The van der Waals surface area contributed by atoms with E-state index in [0.717, 1.165) is 38.5 Å². The maximum atomic E-state index is 11.4. The Hall–Kier alpha value is -0.313. The van der Waals surface area contributed by atoms with Gasteiger partial charge in [0.2, 0.25) is 0 Å². The minimum atomic E-state index is -1.00. The molecule has 2 nitrogen and oxygen atoms in total. The van der Waals surface area contributed by atoms with Crippen LogP contribution in [0.25, 0.3) is 0 Å². The quantitative estimate of drug-likeness (QED) is 0.736. The first-order valence-corrected chi connectivity index (χ1v) is 10.3. The zero-order valence-corrected chi connectivity index (χ0v) is 12.0. The molecule has 0 aromatic rings. The SMILES string of the molecule is C[Si](C)(C)CCCC1(C(=O)O)CCCCC1. The van der Waals surface area contributed by atoms with Gasteiger partial charge in [0.05, 0.1) is 5.41 Å². The molecule has 0 aromatic heterocycles.